The van der Waals surface area contributed by atoms with Crippen molar-refractivity contribution in [3.05, 3.63) is 70.3 Å². The molecule has 1 aromatic carbocycles. The molecule has 1 aromatic heterocycles. The molecule has 1 fully saturated rings. The van der Waals surface area contributed by atoms with Gasteiger partial charge in [0.1, 0.15) is 22.9 Å². The number of halogens is 1. The zero-order valence-corrected chi connectivity index (χ0v) is 36.5. The summed E-state index contributed by atoms with van der Waals surface area (Å²) in [4.78, 5) is 35.9. The number of carbonyl (C=O) groups is 2. The summed E-state index contributed by atoms with van der Waals surface area (Å²) in [6, 6.07) is -0.687. The highest BCUT2D eigenvalue weighted by Crippen LogP contribution is 2.60. The monoisotopic (exact) mass is 805 g/mol. The number of benzene rings is 1. The summed E-state index contributed by atoms with van der Waals surface area (Å²) in [6.07, 6.45) is 9.18. The number of hydrogen-bond acceptors (Lipinski definition) is 10. The molecule has 0 amide bonds. The summed E-state index contributed by atoms with van der Waals surface area (Å²) in [5.41, 5.74) is 0.0233. The van der Waals surface area contributed by atoms with Crippen LogP contribution in [-0.4, -0.2) is 78.4 Å². The smallest absolute Gasteiger partial charge is 0.265 e. The van der Waals surface area contributed by atoms with E-state index in [0.29, 0.717) is 62.0 Å². The summed E-state index contributed by atoms with van der Waals surface area (Å²) in [5, 5.41) is 16.5. The maximum absolute atomic E-state index is 17.1. The van der Waals surface area contributed by atoms with E-state index in [1.807, 2.05) is 20.0 Å². The highest BCUT2D eigenvalue weighted by molar-refractivity contribution is 6.74. The van der Waals surface area contributed by atoms with E-state index in [4.69, 9.17) is 18.4 Å². The van der Waals surface area contributed by atoms with Crippen molar-refractivity contribution in [2.24, 2.45) is 11.8 Å². The third kappa shape index (κ3) is 7.37. The number of fused-ring (bicyclic) bond motifs is 5. The number of Topliss-reactive ketones (excluding diaryl/α,β-unsaturated/α-hetero) is 2. The normalized spacial score (nSPS) is 23.2. The van der Waals surface area contributed by atoms with Gasteiger partial charge in [-0.25, -0.2) is 4.39 Å². The summed E-state index contributed by atoms with van der Waals surface area (Å²) in [5.74, 6) is -2.48. The van der Waals surface area contributed by atoms with Gasteiger partial charge < -0.3 is 23.5 Å². The van der Waals surface area contributed by atoms with E-state index in [9.17, 15) is 5.11 Å². The van der Waals surface area contributed by atoms with Crippen molar-refractivity contribution >= 4 is 25.6 Å². The van der Waals surface area contributed by atoms with Crippen LogP contribution < -0.4 is 9.47 Å². The Kier molecular flexibility index (Phi) is 12.8. The van der Waals surface area contributed by atoms with Crippen molar-refractivity contribution in [1.29, 1.82) is 0 Å². The van der Waals surface area contributed by atoms with Crippen LogP contribution in [0.25, 0.3) is 5.76 Å². The van der Waals surface area contributed by atoms with Gasteiger partial charge in [-0.15, -0.1) is 13.2 Å². The average molecular weight is 806 g/mol. The molecular weight excluding hydrogens is 742 g/mol. The van der Waals surface area contributed by atoms with Crippen molar-refractivity contribution in [2.45, 2.75) is 136 Å². The van der Waals surface area contributed by atoms with Crippen LogP contribution in [0.5, 0.6) is 11.6 Å². The number of rotatable bonds is 18. The highest BCUT2D eigenvalue weighted by Gasteiger charge is 2.69. The first-order valence-electron chi connectivity index (χ1n) is 21.2. The van der Waals surface area contributed by atoms with Gasteiger partial charge in [0.15, 0.2) is 19.7 Å². The fourth-order valence-corrected chi connectivity index (χ4v) is 10.5. The summed E-state index contributed by atoms with van der Waals surface area (Å²) < 4.78 is 43.1. The highest BCUT2D eigenvalue weighted by atomic mass is 28.4. The zero-order valence-electron chi connectivity index (χ0n) is 35.5. The van der Waals surface area contributed by atoms with Crippen molar-refractivity contribution < 1.29 is 37.5 Å². The topological polar surface area (TPSA) is 115 Å². The molecule has 6 rings (SSSR count). The summed E-state index contributed by atoms with van der Waals surface area (Å²) in [6.45, 7) is 27.8. The lowest BCUT2D eigenvalue weighted by molar-refractivity contribution is -0.141. The number of ether oxygens (including phenoxy) is 2. The number of unbranched alkanes of at least 4 members (excludes halogenated alkanes) is 3. The quantitative estimate of drug-likeness (QED) is 0.0676. The minimum atomic E-state index is -2.96. The number of aromatic nitrogens is 1. The van der Waals surface area contributed by atoms with E-state index in [1.54, 1.807) is 12.2 Å². The Morgan fingerprint density at radius 2 is 1.60 bits per heavy atom. The first-order valence-corrected chi connectivity index (χ1v) is 24.1. The molecule has 2 aromatic rings. The van der Waals surface area contributed by atoms with Gasteiger partial charge in [-0.2, -0.15) is 0 Å². The van der Waals surface area contributed by atoms with E-state index in [1.165, 1.54) is 0 Å². The van der Waals surface area contributed by atoms with Crippen LogP contribution in [0.3, 0.4) is 0 Å². The molecule has 57 heavy (non-hydrogen) atoms. The zero-order chi connectivity index (χ0) is 41.4. The van der Waals surface area contributed by atoms with Crippen LogP contribution in [0, 0.1) is 17.7 Å². The Morgan fingerprint density at radius 1 is 0.965 bits per heavy atom. The third-order valence-corrected chi connectivity index (χ3v) is 17.5. The Morgan fingerprint density at radius 3 is 2.21 bits per heavy atom. The van der Waals surface area contributed by atoms with E-state index < -0.39 is 48.4 Å². The lowest BCUT2D eigenvalue weighted by Gasteiger charge is -2.55. The molecule has 1 aliphatic heterocycles. The molecule has 0 spiro atoms. The molecule has 0 saturated heterocycles. The van der Waals surface area contributed by atoms with Crippen LogP contribution in [0.1, 0.15) is 131 Å². The molecule has 12 heteroatoms. The standard InChI is InChI=1S/C45H64FN3O7Si/c1-11-16-21-48-26-30-31(27-48)39(53-22-17-12-2)34-29(36(30)46)24-28-25-32-37(49(19-14-4)20-15-5)40-35(43(47-55-40)54-23-18-13-3)42(52)45(32,41(51)33(28)38(34)50)56-57(9,10)44(6,7)8/h14-15,28,32,37,50H,4-5,11-13,16-27H2,1-3,6-10H3/t28-,32-,37-,45-/m0/s1. The van der Waals surface area contributed by atoms with Crippen LogP contribution in [0.15, 0.2) is 35.4 Å². The van der Waals surface area contributed by atoms with E-state index in [0.717, 1.165) is 50.6 Å². The Balaban J connectivity index is 1.62. The molecule has 3 aliphatic carbocycles. The maximum Gasteiger partial charge on any atom is 0.265 e. The largest absolute Gasteiger partial charge is 0.507 e. The van der Waals surface area contributed by atoms with Gasteiger partial charge in [0.2, 0.25) is 11.6 Å². The Labute approximate surface area is 339 Å². The number of aliphatic hydroxyl groups excluding tert-OH is 1. The second kappa shape index (κ2) is 17.0. The Bertz CT molecular complexity index is 1900. The van der Waals surface area contributed by atoms with Gasteiger partial charge in [-0.3, -0.25) is 19.4 Å². The fourth-order valence-electron chi connectivity index (χ4n) is 9.03. The number of nitrogens with zero attached hydrogens (tertiary/aromatic N) is 3. The first-order chi connectivity index (χ1) is 27.1. The molecule has 10 nitrogen and oxygen atoms in total. The second-order valence-corrected chi connectivity index (χ2v) is 22.6. The molecule has 0 radical (unpaired) electrons. The molecule has 0 unspecified atom stereocenters. The van der Waals surface area contributed by atoms with Crippen molar-refractivity contribution in [3.63, 3.8) is 0 Å². The van der Waals surface area contributed by atoms with Gasteiger partial charge in [-0.05, 0) is 67.9 Å². The molecule has 312 valence electrons. The average Bonchev–Trinajstić information content (AvgIpc) is 3.78. The second-order valence-electron chi connectivity index (χ2n) is 17.9. The molecule has 1 N–H and O–H groups in total. The summed E-state index contributed by atoms with van der Waals surface area (Å²) in [7, 11) is -2.96. The van der Waals surface area contributed by atoms with E-state index >= 15 is 14.0 Å². The number of carbonyl (C=O) groups excluding carboxylic acids is 2. The van der Waals surface area contributed by atoms with Crippen LogP contribution in [0.4, 0.5) is 4.39 Å². The third-order valence-electron chi connectivity index (χ3n) is 13.0. The van der Waals surface area contributed by atoms with Crippen LogP contribution in [-0.2, 0) is 28.7 Å². The van der Waals surface area contributed by atoms with E-state index in [-0.39, 0.29) is 47.0 Å². The lowest BCUT2D eigenvalue weighted by Crippen LogP contribution is -2.68. The molecule has 4 aliphatic rings. The van der Waals surface area contributed by atoms with Gasteiger partial charge in [0, 0.05) is 54.4 Å². The minimum Gasteiger partial charge on any atom is -0.507 e. The van der Waals surface area contributed by atoms with Crippen molar-refractivity contribution in [3.8, 4) is 11.6 Å². The molecule has 4 atom stereocenters. The molecule has 0 bridgehead atoms. The maximum atomic E-state index is 17.1. The fraction of sp³-hybridized carbons (Fsp3) is 0.622. The SMILES string of the molecule is C=CCN(CC=C)[C@@H]1c2onc(OCCCC)c2C(=O)[C@@]2(O[Si](C)(C)C(C)(C)C)C(=O)C3=C(O)c4c(c(F)c5c(c4OCCCC)CN(CCCC)C5)C[C@H]3C[C@@H]12. The van der Waals surface area contributed by atoms with Gasteiger partial charge in [0.25, 0.3) is 5.88 Å². The minimum absolute atomic E-state index is 0.0289. The lowest BCUT2D eigenvalue weighted by atomic mass is 9.57. The molecule has 1 saturated carbocycles. The summed E-state index contributed by atoms with van der Waals surface area (Å²) >= 11 is 0. The van der Waals surface area contributed by atoms with Gasteiger partial charge in [0.05, 0.1) is 24.8 Å². The predicted octanol–water partition coefficient (Wildman–Crippen LogP) is 9.69. The van der Waals surface area contributed by atoms with Gasteiger partial charge in [-0.1, -0.05) is 73.0 Å². The van der Waals surface area contributed by atoms with Crippen molar-refractivity contribution in [1.82, 2.24) is 15.0 Å². The first kappa shape index (κ1) is 43.0. The predicted molar refractivity (Wildman–Crippen MR) is 223 cm³/mol. The van der Waals surface area contributed by atoms with Crippen molar-refractivity contribution in [2.75, 3.05) is 32.8 Å². The molecule has 2 heterocycles. The van der Waals surface area contributed by atoms with Crippen LogP contribution in [0.2, 0.25) is 18.1 Å². The molecular formula is C45H64FN3O7Si. The van der Waals surface area contributed by atoms with E-state index in [2.05, 4.69) is 62.7 Å². The number of aliphatic hydroxyl groups is 1. The number of ketones is 2. The van der Waals surface area contributed by atoms with Crippen LogP contribution >= 0.6 is 0 Å². The number of hydrogen-bond donors (Lipinski definition) is 1. The van der Waals surface area contributed by atoms with Gasteiger partial charge >= 0.3 is 0 Å². The Hall–Kier alpha value is -3.58.